The number of anilines is 1. The Hall–Kier alpha value is -4.45. The average molecular weight is 528 g/mol. The molecule has 0 amide bonds. The Morgan fingerprint density at radius 2 is 1.84 bits per heavy atom. The van der Waals surface area contributed by atoms with E-state index in [4.69, 9.17) is 5.73 Å². The number of alkyl halides is 3. The van der Waals surface area contributed by atoms with Crippen LogP contribution in [0.15, 0.2) is 83.1 Å². The molecule has 2 aromatic carbocycles. The van der Waals surface area contributed by atoms with E-state index in [0.717, 1.165) is 12.1 Å². The van der Waals surface area contributed by atoms with Gasteiger partial charge in [0, 0.05) is 65.2 Å². The molecule has 0 radical (unpaired) electrons. The molecule has 0 saturated carbocycles. The number of rotatable bonds is 7. The Balaban J connectivity index is 1.63. The number of allylic oxidation sites excluding steroid dienone is 1. The van der Waals surface area contributed by atoms with Gasteiger partial charge in [-0.3, -0.25) is 14.5 Å². The number of aromatic amines is 1. The van der Waals surface area contributed by atoms with Crippen LogP contribution in [0.1, 0.15) is 27.0 Å². The summed E-state index contributed by atoms with van der Waals surface area (Å²) in [4.78, 5) is 24.2. The van der Waals surface area contributed by atoms with Crippen molar-refractivity contribution < 1.29 is 26.4 Å². The van der Waals surface area contributed by atoms with Crippen LogP contribution in [0.3, 0.4) is 0 Å². The summed E-state index contributed by atoms with van der Waals surface area (Å²) in [5, 5.41) is 0.530. The van der Waals surface area contributed by atoms with Crippen LogP contribution in [0.5, 0.6) is 0 Å². The molecule has 0 unspecified atom stereocenters. The summed E-state index contributed by atoms with van der Waals surface area (Å²) >= 11 is 0. The number of benzene rings is 2. The van der Waals surface area contributed by atoms with Crippen molar-refractivity contribution in [1.29, 1.82) is 0 Å². The van der Waals surface area contributed by atoms with Gasteiger partial charge in [0.15, 0.2) is 5.78 Å². The maximum absolute atomic E-state index is 13.3. The van der Waals surface area contributed by atoms with E-state index < -0.39 is 27.5 Å². The lowest BCUT2D eigenvalue weighted by Gasteiger charge is -2.11. The number of hydrogen-bond donors (Lipinski definition) is 3. The Labute approximate surface area is 209 Å². The van der Waals surface area contributed by atoms with Crippen molar-refractivity contribution in [3.8, 4) is 0 Å². The fraction of sp³-hybridized carbons (Fsp3) is 0.0800. The number of aliphatic imine (C=N–C) groups is 1. The molecule has 8 nitrogen and oxygen atoms in total. The number of carbonyl (C=O) groups excluding carboxylic acids is 1. The van der Waals surface area contributed by atoms with Gasteiger partial charge in [-0.15, -0.1) is 0 Å². The first-order chi connectivity index (χ1) is 17.5. The highest BCUT2D eigenvalue weighted by atomic mass is 32.2. The van der Waals surface area contributed by atoms with Gasteiger partial charge < -0.3 is 10.7 Å². The lowest BCUT2D eigenvalue weighted by Crippen LogP contribution is -2.14. The molecule has 2 heterocycles. The second kappa shape index (κ2) is 9.90. The summed E-state index contributed by atoms with van der Waals surface area (Å²) in [5.41, 5.74) is 6.98. The standard InChI is InChI=1S/C25H20F3N5O3S/c1-30-12-17(11-29)16-10-21-22(14-32-24(21)31-13-16)23(34)15-3-2-4-19(9-15)33-37(35,36)20-7-5-18(6-8-20)25(26,27)28/h2-14,33H,29H2,1H3,(H,31,32). The molecular formula is C25H20F3N5O3S. The zero-order chi connectivity index (χ0) is 26.8. The number of pyridine rings is 1. The molecule has 0 saturated heterocycles. The van der Waals surface area contributed by atoms with Gasteiger partial charge in [0.25, 0.3) is 10.0 Å². The van der Waals surface area contributed by atoms with E-state index in [-0.39, 0.29) is 16.1 Å². The van der Waals surface area contributed by atoms with Gasteiger partial charge >= 0.3 is 6.18 Å². The Bertz CT molecular complexity index is 1640. The molecular weight excluding hydrogens is 507 g/mol. The highest BCUT2D eigenvalue weighted by Gasteiger charge is 2.30. The minimum absolute atomic E-state index is 0.0666. The van der Waals surface area contributed by atoms with E-state index in [0.29, 0.717) is 39.9 Å². The van der Waals surface area contributed by atoms with Crippen molar-refractivity contribution in [1.82, 2.24) is 9.97 Å². The number of nitrogens with one attached hydrogen (secondary N) is 2. The maximum atomic E-state index is 13.3. The average Bonchev–Trinajstić information content (AvgIpc) is 3.29. The third kappa shape index (κ3) is 5.38. The first-order valence-corrected chi connectivity index (χ1v) is 12.2. The fourth-order valence-electron chi connectivity index (χ4n) is 3.62. The molecule has 190 valence electrons. The largest absolute Gasteiger partial charge is 0.416 e. The first kappa shape index (κ1) is 25.6. The zero-order valence-electron chi connectivity index (χ0n) is 19.2. The fourth-order valence-corrected chi connectivity index (χ4v) is 4.67. The minimum Gasteiger partial charge on any atom is -0.404 e. The Kier molecular flexibility index (Phi) is 6.86. The van der Waals surface area contributed by atoms with Gasteiger partial charge in [-0.2, -0.15) is 13.2 Å². The minimum atomic E-state index is -4.59. The molecule has 0 atom stereocenters. The lowest BCUT2D eigenvalue weighted by atomic mass is 10.0. The number of fused-ring (bicyclic) bond motifs is 1. The summed E-state index contributed by atoms with van der Waals surface area (Å²) in [6.45, 7) is 0. The van der Waals surface area contributed by atoms with Crippen molar-refractivity contribution in [2.24, 2.45) is 10.7 Å². The smallest absolute Gasteiger partial charge is 0.404 e. The number of hydrogen-bond acceptors (Lipinski definition) is 6. The molecule has 0 aliphatic heterocycles. The van der Waals surface area contributed by atoms with Crippen LogP contribution in [0.2, 0.25) is 0 Å². The summed E-state index contributed by atoms with van der Waals surface area (Å²) < 4.78 is 66.1. The highest BCUT2D eigenvalue weighted by Crippen LogP contribution is 2.30. The molecule has 4 aromatic rings. The normalized spacial score (nSPS) is 12.8. The monoisotopic (exact) mass is 527 g/mol. The van der Waals surface area contributed by atoms with Crippen molar-refractivity contribution in [2.45, 2.75) is 11.1 Å². The lowest BCUT2D eigenvalue weighted by molar-refractivity contribution is -0.137. The van der Waals surface area contributed by atoms with Crippen molar-refractivity contribution in [3.05, 3.63) is 95.4 Å². The number of aromatic nitrogens is 2. The molecule has 0 spiro atoms. The molecule has 0 aliphatic rings. The SMILES string of the molecule is CN=CC(=CN)c1cnc2[nH]cc(C(=O)c3cccc(NS(=O)(=O)c4ccc(C(F)(F)F)cc4)c3)c2c1. The van der Waals surface area contributed by atoms with Gasteiger partial charge in [0.1, 0.15) is 5.65 Å². The van der Waals surface area contributed by atoms with Crippen molar-refractivity contribution >= 4 is 44.3 Å². The summed E-state index contributed by atoms with van der Waals surface area (Å²) in [6.07, 6.45) is 1.43. The molecule has 12 heteroatoms. The van der Waals surface area contributed by atoms with E-state index in [9.17, 15) is 26.4 Å². The van der Waals surface area contributed by atoms with Crippen LogP contribution < -0.4 is 10.5 Å². The van der Waals surface area contributed by atoms with Gasteiger partial charge in [-0.1, -0.05) is 12.1 Å². The van der Waals surface area contributed by atoms with Crippen LogP contribution in [-0.2, 0) is 16.2 Å². The van der Waals surface area contributed by atoms with Gasteiger partial charge in [-0.25, -0.2) is 13.4 Å². The van der Waals surface area contributed by atoms with Gasteiger partial charge in [0.05, 0.1) is 10.5 Å². The quantitative estimate of drug-likeness (QED) is 0.239. The molecule has 37 heavy (non-hydrogen) atoms. The Morgan fingerprint density at radius 1 is 1.11 bits per heavy atom. The second-order valence-corrected chi connectivity index (χ2v) is 9.55. The third-order valence-electron chi connectivity index (χ3n) is 5.43. The number of carbonyl (C=O) groups is 1. The molecule has 0 bridgehead atoms. The predicted molar refractivity (Wildman–Crippen MR) is 135 cm³/mol. The molecule has 2 aromatic heterocycles. The van der Waals surface area contributed by atoms with Crippen LogP contribution >= 0.6 is 0 Å². The summed E-state index contributed by atoms with van der Waals surface area (Å²) in [7, 11) is -2.61. The topological polar surface area (TPSA) is 130 Å². The van der Waals surface area contributed by atoms with E-state index in [1.165, 1.54) is 36.7 Å². The number of halogens is 3. The highest BCUT2D eigenvalue weighted by molar-refractivity contribution is 7.92. The molecule has 4 rings (SSSR count). The van der Waals surface area contributed by atoms with Crippen LogP contribution in [0.4, 0.5) is 18.9 Å². The van der Waals surface area contributed by atoms with E-state index >= 15 is 0 Å². The van der Waals surface area contributed by atoms with Crippen LogP contribution in [0.25, 0.3) is 16.6 Å². The first-order valence-electron chi connectivity index (χ1n) is 10.7. The van der Waals surface area contributed by atoms with Crippen molar-refractivity contribution in [2.75, 3.05) is 11.8 Å². The van der Waals surface area contributed by atoms with E-state index in [1.54, 1.807) is 25.5 Å². The number of sulfonamides is 1. The van der Waals surface area contributed by atoms with E-state index in [2.05, 4.69) is 19.7 Å². The third-order valence-corrected chi connectivity index (χ3v) is 6.82. The molecule has 4 N–H and O–H groups in total. The molecule has 0 fully saturated rings. The van der Waals surface area contributed by atoms with Crippen LogP contribution in [-0.4, -0.2) is 37.4 Å². The predicted octanol–water partition coefficient (Wildman–Crippen LogP) is 4.61. The number of nitrogens with two attached hydrogens (primary N) is 1. The number of ketones is 1. The Morgan fingerprint density at radius 3 is 2.49 bits per heavy atom. The van der Waals surface area contributed by atoms with Crippen molar-refractivity contribution in [3.63, 3.8) is 0 Å². The summed E-state index contributed by atoms with van der Waals surface area (Å²) in [6, 6.07) is 10.6. The van der Waals surface area contributed by atoms with E-state index in [1.807, 2.05) is 0 Å². The number of nitrogens with zero attached hydrogens (tertiary/aromatic N) is 2. The van der Waals surface area contributed by atoms with Crippen LogP contribution in [0, 0.1) is 0 Å². The summed E-state index contributed by atoms with van der Waals surface area (Å²) in [5.74, 6) is -0.400. The number of H-pyrrole nitrogens is 1. The molecule has 0 aliphatic carbocycles. The maximum Gasteiger partial charge on any atom is 0.416 e. The van der Waals surface area contributed by atoms with Gasteiger partial charge in [-0.05, 0) is 42.5 Å². The van der Waals surface area contributed by atoms with Gasteiger partial charge in [0.2, 0.25) is 0 Å². The second-order valence-electron chi connectivity index (χ2n) is 7.87. The zero-order valence-corrected chi connectivity index (χ0v) is 20.1.